The first-order valence-corrected chi connectivity index (χ1v) is 42.9. The Kier molecular flexibility index (Phi) is 19.4. The lowest BCUT2D eigenvalue weighted by atomic mass is 9.34. The molecule has 15 aliphatic rings. The lowest BCUT2D eigenvalue weighted by Gasteiger charge is -2.69. The number of allylic oxidation sites excluding steroid dienone is 12. The minimum absolute atomic E-state index is 0.00152. The number of hydrazine groups is 1. The minimum atomic E-state index is -0.707. The number of carbonyl (C=O) groups is 9. The third-order valence-electron chi connectivity index (χ3n) is 37.5. The van der Waals surface area contributed by atoms with Gasteiger partial charge in [-0.05, 0) is 249 Å². The molecule has 2 N–H and O–H groups in total. The van der Waals surface area contributed by atoms with Crippen molar-refractivity contribution in [3.8, 4) is 18.2 Å². The topological polar surface area (TPSA) is 288 Å². The maximum Gasteiger partial charge on any atom is 0.244 e. The average molecular weight is 1580 g/mol. The highest BCUT2D eigenvalue weighted by Gasteiger charge is 2.76. The SMILES string of the molecule is CC1(C)CC[C@]2(C(=O)Cl)CC[C@]3(C)[C@H](C(=O)C=C4[C@@]5(C)C=C(C#N)C(=O)C(C)(C)[C@@H]5CC[C@]43C)[C@@H]2C1.CC1(C)CC[C@]2(C(=O)NNC=O)CC[C@]3(C)[C@H](C(=O)C=C4[C@@]5(C)C=C(C#N)C(=O)C(C)(C)[C@@H]5CC[C@]43C)[C@@H]2C1.CC1(C)CC[C@]2(c3nnco3)CC[C@]3(C)[C@H](C(=O)C=C4[C@@]5(C)C=C(C#N)C(=O)C(C)(C)[C@@H]5CC[C@]43C)[C@@H]2C1.[3H]C. The molecule has 0 radical (unpaired) electrons. The molecule has 0 saturated heterocycles. The van der Waals surface area contributed by atoms with E-state index < -0.39 is 43.3 Å². The van der Waals surface area contributed by atoms with Crippen molar-refractivity contribution in [2.75, 3.05) is 0 Å². The van der Waals surface area contributed by atoms with Gasteiger partial charge in [0.05, 0.1) is 27.5 Å². The van der Waals surface area contributed by atoms with Gasteiger partial charge in [0.2, 0.25) is 29.8 Å². The zero-order valence-corrected chi connectivity index (χ0v) is 73.1. The van der Waals surface area contributed by atoms with Crippen molar-refractivity contribution in [2.24, 2.45) is 145 Å². The van der Waals surface area contributed by atoms with Crippen LogP contribution in [0.4, 0.5) is 0 Å². The summed E-state index contributed by atoms with van der Waals surface area (Å²) in [7, 11) is 1.25. The van der Waals surface area contributed by atoms with Crippen molar-refractivity contribution < 1.29 is 48.9 Å². The highest BCUT2D eigenvalue weighted by molar-refractivity contribution is 6.64. The quantitative estimate of drug-likeness (QED) is 0.157. The van der Waals surface area contributed by atoms with E-state index in [1.807, 2.05) is 78.0 Å². The molecule has 114 heavy (non-hydrogen) atoms. The Morgan fingerprint density at radius 1 is 0.474 bits per heavy atom. The maximum absolute atomic E-state index is 14.5. The van der Waals surface area contributed by atoms with Gasteiger partial charge < -0.3 is 4.42 Å². The van der Waals surface area contributed by atoms with Gasteiger partial charge in [0.1, 0.15) is 18.2 Å². The molecular weight excluding hydrogens is 1450 g/mol. The first kappa shape index (κ1) is 83.5. The lowest BCUT2D eigenvalue weighted by molar-refractivity contribution is -0.179. The predicted molar refractivity (Wildman–Crippen MR) is 435 cm³/mol. The molecule has 15 aliphatic carbocycles. The minimum Gasteiger partial charge on any atom is -0.427 e. The van der Waals surface area contributed by atoms with E-state index in [1.54, 1.807) is 0 Å². The Balaban J connectivity index is 0.000000149. The molecule has 614 valence electrons. The fraction of sp³-hybridized carbons (Fsp3) is 0.729. The molecule has 2 amide bonds. The van der Waals surface area contributed by atoms with Crippen LogP contribution in [0.15, 0.2) is 80.7 Å². The molecule has 9 fully saturated rings. The molecule has 1 aromatic heterocycles. The van der Waals surface area contributed by atoms with Gasteiger partial charge in [0.25, 0.3) is 0 Å². The Morgan fingerprint density at radius 3 is 1.14 bits per heavy atom. The Hall–Kier alpha value is -7.03. The summed E-state index contributed by atoms with van der Waals surface area (Å²) in [6.07, 6.45) is 31.2. The largest absolute Gasteiger partial charge is 0.427 e. The number of Topliss-reactive ketones (excluding diaryl/α,β-unsaturated/α-hetero) is 3. The van der Waals surface area contributed by atoms with E-state index in [4.69, 9.17) is 17.4 Å². The first-order chi connectivity index (χ1) is 53.2. The lowest BCUT2D eigenvalue weighted by Crippen LogP contribution is -2.67. The normalized spacial score (nSPS) is 44.7. The van der Waals surface area contributed by atoms with Crippen LogP contribution in [-0.2, 0) is 48.6 Å². The molecule has 0 spiro atoms. The van der Waals surface area contributed by atoms with Gasteiger partial charge in [0, 0.05) is 57.0 Å². The van der Waals surface area contributed by atoms with E-state index in [0.29, 0.717) is 25.1 Å². The van der Waals surface area contributed by atoms with Crippen molar-refractivity contribution in [3.63, 3.8) is 0 Å². The third kappa shape index (κ3) is 11.2. The molecule has 18 heteroatoms. The number of ketones is 6. The van der Waals surface area contributed by atoms with E-state index in [1.165, 1.54) is 13.8 Å². The highest BCUT2D eigenvalue weighted by Crippen LogP contribution is 2.79. The van der Waals surface area contributed by atoms with Gasteiger partial charge in [0.15, 0.2) is 34.7 Å². The number of nitrogens with one attached hydrogen (secondary N) is 2. The second-order valence-electron chi connectivity index (χ2n) is 45.0. The number of hydrogen-bond donors (Lipinski definition) is 2. The number of hydrogen-bond acceptors (Lipinski definition) is 15. The molecule has 21 atom stereocenters. The number of aromatic nitrogens is 2. The van der Waals surface area contributed by atoms with Crippen molar-refractivity contribution >= 4 is 63.9 Å². The van der Waals surface area contributed by atoms with E-state index in [2.05, 4.69) is 143 Å². The van der Waals surface area contributed by atoms with Crippen molar-refractivity contribution in [1.82, 2.24) is 21.0 Å². The molecule has 9 saturated carbocycles. The van der Waals surface area contributed by atoms with Crippen LogP contribution in [0.1, 0.15) is 295 Å². The number of halogens is 1. The summed E-state index contributed by atoms with van der Waals surface area (Å²) >= 11 is 6.36. The molecule has 0 aromatic carbocycles. The number of rotatable bonds is 5. The van der Waals surface area contributed by atoms with Gasteiger partial charge in [-0.3, -0.25) is 54.0 Å². The van der Waals surface area contributed by atoms with E-state index in [9.17, 15) is 58.9 Å². The molecular formula is C96H128ClN7O10. The maximum atomic E-state index is 14.5. The fourth-order valence-corrected chi connectivity index (χ4v) is 30.9. The molecule has 17 nitrogen and oxygen atoms in total. The number of nitrogens with zero attached hydrogens (tertiary/aromatic N) is 5. The Morgan fingerprint density at radius 2 is 0.789 bits per heavy atom. The average Bonchev–Trinajstić information content (AvgIpc) is 1.09. The zero-order chi connectivity index (χ0) is 85.0. The molecule has 0 aliphatic heterocycles. The standard InChI is InChI=1S/C32H43N3O4.C32H41N3O3.C31H40ClNO3.CH4/c1-27(2)10-12-32(26(39)35-34-18-36)13-11-31(7)24(20(32)16-27)21(37)14-23-29(5)15-19(17-33)25(38)28(3,4)22(29)8-9-30(23,31)6;1-27(2)10-12-32(26-35-34-18-38-26)13-11-31(7)24(20(32)16-27)21(36)14-23-29(5)15-19(17-33)25(37)28(3,4)22(29)8-9-30(23,31)6;1-26(2)10-12-31(25(32)36)13-11-30(7)23(19(31)16-26)20(34)14-22-28(5)15-18(17-33)24(35)27(3,4)21(28)8-9-29(22,30)6;/h14-15,18,20,22,24H,8-13,16H2,1-7H3,(H,34,36)(H,35,39);14-15,18,20,22,24H,8-13,16H2,1-7H3;14-15,19,21,23H,8-13,16H2,1-7H3;1H4/t2*20-,22-,24-,29-,30+,31+,32-;19-,21-,23-,28-,29+,30+,31-;/m000./s1/i;;;1T. The monoisotopic (exact) mass is 1580 g/mol. The number of fused-ring (bicyclic) bond motifs is 21. The Labute approximate surface area is 684 Å². The second kappa shape index (κ2) is 26.5. The molecule has 1 aromatic rings. The van der Waals surface area contributed by atoms with Crippen molar-refractivity contribution in [2.45, 2.75) is 293 Å². The molecule has 0 unspecified atom stereocenters. The van der Waals surface area contributed by atoms with Gasteiger partial charge >= 0.3 is 0 Å². The summed E-state index contributed by atoms with van der Waals surface area (Å²) in [6, 6.07) is 6.52. The number of carbonyl (C=O) groups excluding carboxylic acids is 9. The van der Waals surface area contributed by atoms with E-state index in [-0.39, 0.29) is 170 Å². The number of nitriles is 3. The molecule has 16 rings (SSSR count). The van der Waals surface area contributed by atoms with E-state index >= 15 is 0 Å². The first-order valence-electron chi connectivity index (χ1n) is 43.5. The summed E-state index contributed by atoms with van der Waals surface area (Å²) < 4.78 is 11.7. The Bertz CT molecular complexity index is 4720. The third-order valence-corrected chi connectivity index (χ3v) is 37.8. The predicted octanol–water partition coefficient (Wildman–Crippen LogP) is 19.1. The summed E-state index contributed by atoms with van der Waals surface area (Å²) in [5.41, 5.74) is 2.13. The van der Waals surface area contributed by atoms with Gasteiger partial charge in [-0.25, -0.2) is 0 Å². The van der Waals surface area contributed by atoms with E-state index in [0.717, 1.165) is 139 Å². The summed E-state index contributed by atoms with van der Waals surface area (Å²) in [5, 5.41) is 37.8. The van der Waals surface area contributed by atoms with Crippen LogP contribution in [0.5, 0.6) is 0 Å². The van der Waals surface area contributed by atoms with Crippen LogP contribution in [0.2, 0.25) is 0 Å². The van der Waals surface area contributed by atoms with Crippen LogP contribution >= 0.6 is 11.6 Å². The van der Waals surface area contributed by atoms with Crippen LogP contribution < -0.4 is 10.9 Å². The van der Waals surface area contributed by atoms with Crippen LogP contribution in [-0.4, -0.2) is 62.5 Å². The van der Waals surface area contributed by atoms with Gasteiger partial charge in [-0.15, -0.1) is 10.2 Å². The van der Waals surface area contributed by atoms with Crippen molar-refractivity contribution in [1.29, 1.82) is 15.8 Å². The van der Waals surface area contributed by atoms with Crippen LogP contribution in [0.3, 0.4) is 0 Å². The summed E-state index contributed by atoms with van der Waals surface area (Å²) in [6.45, 7) is 45.7. The summed E-state index contributed by atoms with van der Waals surface area (Å²) in [5.74, 6) is -0.0482. The number of amides is 2. The second-order valence-corrected chi connectivity index (χ2v) is 45.3. The zero-order valence-electron chi connectivity index (χ0n) is 73.4. The van der Waals surface area contributed by atoms with Crippen molar-refractivity contribution in [3.05, 3.63) is 82.2 Å². The highest BCUT2D eigenvalue weighted by atomic mass is 35.5. The van der Waals surface area contributed by atoms with Gasteiger partial charge in [-0.2, -0.15) is 15.8 Å². The fourth-order valence-electron chi connectivity index (χ4n) is 30.6. The smallest absolute Gasteiger partial charge is 0.244 e. The summed E-state index contributed by atoms with van der Waals surface area (Å²) in [4.78, 5) is 120. The van der Waals surface area contributed by atoms with Crippen LogP contribution in [0.25, 0.3) is 0 Å². The van der Waals surface area contributed by atoms with Gasteiger partial charge in [-0.1, -0.05) is 188 Å². The molecule has 0 bridgehead atoms. The van der Waals surface area contributed by atoms with Crippen LogP contribution in [0, 0.1) is 179 Å². The molecule has 1 heterocycles.